The molecule has 0 bridgehead atoms. The van der Waals surface area contributed by atoms with Crippen LogP contribution in [0.15, 0.2) is 24.3 Å². The second kappa shape index (κ2) is 9.25. The van der Waals surface area contributed by atoms with E-state index in [1.807, 2.05) is 12.1 Å². The average Bonchev–Trinajstić information content (AvgIpc) is 2.64. The highest BCUT2D eigenvalue weighted by molar-refractivity contribution is 5.72. The number of ether oxygens (including phenoxy) is 1. The van der Waals surface area contributed by atoms with E-state index in [1.165, 1.54) is 76.2 Å². The van der Waals surface area contributed by atoms with Crippen molar-refractivity contribution in [2.45, 2.75) is 89.4 Å². The summed E-state index contributed by atoms with van der Waals surface area (Å²) >= 11 is 0. The largest absolute Gasteiger partial charge is 0.426 e. The van der Waals surface area contributed by atoms with Gasteiger partial charge in [0.05, 0.1) is 0 Å². The Kier molecular flexibility index (Phi) is 6.75. The number of hydrogen-bond acceptors (Lipinski definition) is 2. The third-order valence-corrected chi connectivity index (χ3v) is 5.91. The third-order valence-electron chi connectivity index (χ3n) is 5.91. The fraction of sp³-hybridized carbons (Fsp3) is 0.682. The topological polar surface area (TPSA) is 26.3 Å². The predicted molar refractivity (Wildman–Crippen MR) is 98.3 cm³/mol. The summed E-state index contributed by atoms with van der Waals surface area (Å²) in [6.07, 6.45) is 16.0. The average molecular weight is 328 g/mol. The van der Waals surface area contributed by atoms with Gasteiger partial charge >= 0.3 is 5.97 Å². The summed E-state index contributed by atoms with van der Waals surface area (Å²) in [4.78, 5) is 12.3. The zero-order valence-electron chi connectivity index (χ0n) is 15.0. The third kappa shape index (κ3) is 5.09. The zero-order valence-corrected chi connectivity index (χ0v) is 15.0. The zero-order chi connectivity index (χ0) is 16.6. The first-order valence-electron chi connectivity index (χ1n) is 10.1. The minimum absolute atomic E-state index is 0.0472. The van der Waals surface area contributed by atoms with Crippen molar-refractivity contribution in [1.29, 1.82) is 0 Å². The maximum Gasteiger partial charge on any atom is 0.311 e. The first-order valence-corrected chi connectivity index (χ1v) is 10.1. The SMILES string of the molecule is O=C(CCCC1CCCCC1)Oc1ccccc1C1CCCCC1. The molecule has 0 radical (unpaired) electrons. The summed E-state index contributed by atoms with van der Waals surface area (Å²) in [6, 6.07) is 8.19. The Morgan fingerprint density at radius 2 is 1.58 bits per heavy atom. The lowest BCUT2D eigenvalue weighted by Gasteiger charge is -2.24. The van der Waals surface area contributed by atoms with Crippen LogP contribution in [0.4, 0.5) is 0 Å². The lowest BCUT2D eigenvalue weighted by Crippen LogP contribution is -2.13. The van der Waals surface area contributed by atoms with Crippen LogP contribution in [-0.2, 0) is 4.79 Å². The van der Waals surface area contributed by atoms with Crippen molar-refractivity contribution < 1.29 is 9.53 Å². The lowest BCUT2D eigenvalue weighted by molar-refractivity contribution is -0.134. The molecular weight excluding hydrogens is 296 g/mol. The van der Waals surface area contributed by atoms with Gasteiger partial charge in [-0.15, -0.1) is 0 Å². The smallest absolute Gasteiger partial charge is 0.311 e. The number of esters is 1. The molecule has 0 saturated heterocycles. The van der Waals surface area contributed by atoms with Crippen molar-refractivity contribution >= 4 is 5.97 Å². The van der Waals surface area contributed by atoms with E-state index in [2.05, 4.69) is 12.1 Å². The molecule has 2 nitrogen and oxygen atoms in total. The van der Waals surface area contributed by atoms with Gasteiger partial charge < -0.3 is 4.74 Å². The molecular formula is C22H32O2. The fourth-order valence-electron chi connectivity index (χ4n) is 4.51. The first kappa shape index (κ1) is 17.5. The molecule has 24 heavy (non-hydrogen) atoms. The molecule has 0 spiro atoms. The molecule has 0 unspecified atom stereocenters. The molecule has 2 heteroatoms. The van der Waals surface area contributed by atoms with Crippen LogP contribution < -0.4 is 4.74 Å². The van der Waals surface area contributed by atoms with Crippen molar-refractivity contribution in [2.75, 3.05) is 0 Å². The minimum atomic E-state index is -0.0472. The summed E-state index contributed by atoms with van der Waals surface area (Å²) in [5.41, 5.74) is 1.25. The molecule has 0 aliphatic heterocycles. The van der Waals surface area contributed by atoms with Gasteiger partial charge in [-0.2, -0.15) is 0 Å². The van der Waals surface area contributed by atoms with Crippen LogP contribution in [0.25, 0.3) is 0 Å². The second-order valence-corrected chi connectivity index (χ2v) is 7.74. The maximum atomic E-state index is 12.3. The Morgan fingerprint density at radius 1 is 0.917 bits per heavy atom. The number of carbonyl (C=O) groups is 1. The molecule has 3 rings (SSSR count). The molecule has 0 heterocycles. The normalized spacial score (nSPS) is 20.0. The highest BCUT2D eigenvalue weighted by atomic mass is 16.5. The Morgan fingerprint density at radius 3 is 2.33 bits per heavy atom. The van der Waals surface area contributed by atoms with Gasteiger partial charge in [0.1, 0.15) is 5.75 Å². The standard InChI is InChI=1S/C22H32O2/c23-22(17-9-12-18-10-3-1-4-11-18)24-21-16-8-7-15-20(21)19-13-5-2-6-14-19/h7-8,15-16,18-19H,1-6,9-14,17H2. The molecule has 1 aromatic carbocycles. The van der Waals surface area contributed by atoms with Crippen LogP contribution in [0.5, 0.6) is 5.75 Å². The molecule has 0 aromatic heterocycles. The van der Waals surface area contributed by atoms with Crippen LogP contribution in [0.3, 0.4) is 0 Å². The van der Waals surface area contributed by atoms with E-state index in [0.717, 1.165) is 18.1 Å². The van der Waals surface area contributed by atoms with E-state index < -0.39 is 0 Å². The summed E-state index contributed by atoms with van der Waals surface area (Å²) in [7, 11) is 0. The Balaban J connectivity index is 1.48. The van der Waals surface area contributed by atoms with E-state index in [0.29, 0.717) is 12.3 Å². The fourth-order valence-corrected chi connectivity index (χ4v) is 4.51. The van der Waals surface area contributed by atoms with Crippen molar-refractivity contribution in [3.8, 4) is 5.75 Å². The summed E-state index contributed by atoms with van der Waals surface area (Å²) < 4.78 is 5.75. The van der Waals surface area contributed by atoms with E-state index in [1.54, 1.807) is 0 Å². The van der Waals surface area contributed by atoms with Crippen molar-refractivity contribution in [1.82, 2.24) is 0 Å². The molecule has 0 amide bonds. The van der Waals surface area contributed by atoms with E-state index in [4.69, 9.17) is 4.74 Å². The Hall–Kier alpha value is -1.31. The molecule has 132 valence electrons. The van der Waals surface area contributed by atoms with E-state index in [-0.39, 0.29) is 5.97 Å². The number of benzene rings is 1. The minimum Gasteiger partial charge on any atom is -0.426 e. The van der Waals surface area contributed by atoms with Crippen LogP contribution in [-0.4, -0.2) is 5.97 Å². The molecule has 2 aliphatic carbocycles. The first-order chi connectivity index (χ1) is 11.8. The van der Waals surface area contributed by atoms with Gasteiger partial charge in [-0.1, -0.05) is 69.6 Å². The Bertz CT molecular complexity index is 510. The van der Waals surface area contributed by atoms with Crippen molar-refractivity contribution in [3.63, 3.8) is 0 Å². The van der Waals surface area contributed by atoms with Gasteiger partial charge in [0.15, 0.2) is 0 Å². The number of rotatable bonds is 6. The van der Waals surface area contributed by atoms with Crippen LogP contribution in [0.1, 0.15) is 95.0 Å². The van der Waals surface area contributed by atoms with Crippen molar-refractivity contribution in [2.24, 2.45) is 5.92 Å². The van der Waals surface area contributed by atoms with Gasteiger partial charge in [0.2, 0.25) is 0 Å². The molecule has 1 aromatic rings. The monoisotopic (exact) mass is 328 g/mol. The van der Waals surface area contributed by atoms with Gasteiger partial charge in [-0.3, -0.25) is 4.79 Å². The van der Waals surface area contributed by atoms with E-state index in [9.17, 15) is 4.79 Å². The van der Waals surface area contributed by atoms with Gasteiger partial charge in [0.25, 0.3) is 0 Å². The van der Waals surface area contributed by atoms with Crippen LogP contribution >= 0.6 is 0 Å². The molecule has 2 fully saturated rings. The second-order valence-electron chi connectivity index (χ2n) is 7.74. The number of para-hydroxylation sites is 1. The van der Waals surface area contributed by atoms with Gasteiger partial charge in [0, 0.05) is 6.42 Å². The highest BCUT2D eigenvalue weighted by Crippen LogP contribution is 2.37. The highest BCUT2D eigenvalue weighted by Gasteiger charge is 2.20. The summed E-state index contributed by atoms with van der Waals surface area (Å²) in [5, 5.41) is 0. The summed E-state index contributed by atoms with van der Waals surface area (Å²) in [5.74, 6) is 2.19. The quantitative estimate of drug-likeness (QED) is 0.446. The molecule has 2 saturated carbocycles. The van der Waals surface area contributed by atoms with Crippen LogP contribution in [0.2, 0.25) is 0 Å². The van der Waals surface area contributed by atoms with Gasteiger partial charge in [-0.25, -0.2) is 0 Å². The maximum absolute atomic E-state index is 12.3. The Labute approximate surface area is 147 Å². The lowest BCUT2D eigenvalue weighted by atomic mass is 9.84. The molecule has 0 N–H and O–H groups in total. The van der Waals surface area contributed by atoms with Crippen LogP contribution in [0, 0.1) is 5.92 Å². The predicted octanol–water partition coefficient (Wildman–Crippen LogP) is 6.39. The number of hydrogen-bond donors (Lipinski definition) is 0. The van der Waals surface area contributed by atoms with Gasteiger partial charge in [-0.05, 0) is 49.1 Å². The molecule has 0 atom stereocenters. The summed E-state index contributed by atoms with van der Waals surface area (Å²) in [6.45, 7) is 0. The number of carbonyl (C=O) groups excluding carboxylic acids is 1. The van der Waals surface area contributed by atoms with E-state index >= 15 is 0 Å². The van der Waals surface area contributed by atoms with Crippen molar-refractivity contribution in [3.05, 3.63) is 29.8 Å². The molecule has 2 aliphatic rings.